The molecule has 0 amide bonds. The average Bonchev–Trinajstić information content (AvgIpc) is 3.22. The summed E-state index contributed by atoms with van der Waals surface area (Å²) in [5, 5.41) is 0. The summed E-state index contributed by atoms with van der Waals surface area (Å²) < 4.78 is 27.5. The summed E-state index contributed by atoms with van der Waals surface area (Å²) in [6.07, 6.45) is 1.58. The first-order valence-electron chi connectivity index (χ1n) is 9.66. The molecule has 0 saturated carbocycles. The number of esters is 1. The van der Waals surface area contributed by atoms with Crippen molar-refractivity contribution in [2.75, 3.05) is 34.7 Å². The normalized spacial score (nSPS) is 21.6. The van der Waals surface area contributed by atoms with E-state index in [1.165, 1.54) is 18.2 Å². The van der Waals surface area contributed by atoms with E-state index in [2.05, 4.69) is 17.0 Å². The lowest BCUT2D eigenvalue weighted by Crippen LogP contribution is -2.46. The summed E-state index contributed by atoms with van der Waals surface area (Å²) in [5.74, 6) is 2.46. The van der Waals surface area contributed by atoms with E-state index < -0.39 is 6.04 Å². The van der Waals surface area contributed by atoms with Gasteiger partial charge in [-0.15, -0.1) is 0 Å². The van der Waals surface area contributed by atoms with Crippen LogP contribution in [-0.4, -0.2) is 45.5 Å². The molecule has 0 unspecified atom stereocenters. The number of rotatable bonds is 3. The number of hydrogen-bond acceptors (Lipinski definition) is 7. The van der Waals surface area contributed by atoms with Crippen LogP contribution in [0.5, 0.6) is 23.0 Å². The molecule has 3 aliphatic heterocycles. The van der Waals surface area contributed by atoms with E-state index in [0.29, 0.717) is 11.5 Å². The molecular formula is C22H23NO6. The van der Waals surface area contributed by atoms with Gasteiger partial charge in [0.15, 0.2) is 23.0 Å². The van der Waals surface area contributed by atoms with Gasteiger partial charge in [0, 0.05) is 18.2 Å². The highest BCUT2D eigenvalue weighted by Crippen LogP contribution is 2.51. The molecule has 2 aromatic carbocycles. The number of fused-ring (bicyclic) bond motifs is 5. The minimum Gasteiger partial charge on any atom is -0.493 e. The second kappa shape index (κ2) is 6.84. The van der Waals surface area contributed by atoms with E-state index in [9.17, 15) is 4.79 Å². The van der Waals surface area contributed by atoms with Crippen molar-refractivity contribution in [2.24, 2.45) is 0 Å². The molecule has 0 N–H and O–H groups in total. The van der Waals surface area contributed by atoms with Crippen LogP contribution in [0.3, 0.4) is 0 Å². The Morgan fingerprint density at radius 3 is 2.59 bits per heavy atom. The molecule has 152 valence electrons. The molecule has 0 radical (unpaired) electrons. The van der Waals surface area contributed by atoms with Crippen LogP contribution in [0.15, 0.2) is 24.3 Å². The van der Waals surface area contributed by atoms with Crippen LogP contribution < -0.4 is 18.9 Å². The summed E-state index contributed by atoms with van der Waals surface area (Å²) in [6, 6.07) is 7.54. The van der Waals surface area contributed by atoms with Crippen molar-refractivity contribution < 1.29 is 28.5 Å². The fourth-order valence-electron chi connectivity index (χ4n) is 4.86. The second-order valence-corrected chi connectivity index (χ2v) is 7.41. The van der Waals surface area contributed by atoms with Crippen LogP contribution in [0.25, 0.3) is 0 Å². The number of hydrogen-bond donors (Lipinski definition) is 0. The molecule has 7 nitrogen and oxygen atoms in total. The molecule has 7 heteroatoms. The Labute approximate surface area is 169 Å². The summed E-state index contributed by atoms with van der Waals surface area (Å²) in [7, 11) is 4.63. The maximum Gasteiger partial charge on any atom is 0.327 e. The Balaban J connectivity index is 1.67. The second-order valence-electron chi connectivity index (χ2n) is 7.41. The number of nitrogens with zero attached hydrogens (tertiary/aromatic N) is 1. The molecule has 3 heterocycles. The van der Waals surface area contributed by atoms with Gasteiger partial charge < -0.3 is 23.7 Å². The van der Waals surface area contributed by atoms with E-state index in [1.54, 1.807) is 14.2 Å². The van der Waals surface area contributed by atoms with Gasteiger partial charge in [-0.1, -0.05) is 6.07 Å². The van der Waals surface area contributed by atoms with Crippen LogP contribution in [-0.2, 0) is 22.4 Å². The first-order valence-corrected chi connectivity index (χ1v) is 9.66. The molecule has 0 bridgehead atoms. The molecule has 0 fully saturated rings. The quantitative estimate of drug-likeness (QED) is 0.738. The maximum atomic E-state index is 12.9. The number of methoxy groups -OCH3 is 3. The molecule has 0 aliphatic carbocycles. The van der Waals surface area contributed by atoms with E-state index in [1.807, 2.05) is 12.1 Å². The van der Waals surface area contributed by atoms with Gasteiger partial charge in [-0.05, 0) is 47.7 Å². The van der Waals surface area contributed by atoms with Gasteiger partial charge in [-0.3, -0.25) is 4.90 Å². The highest BCUT2D eigenvalue weighted by Gasteiger charge is 2.45. The predicted octanol–water partition coefficient (Wildman–Crippen LogP) is 2.80. The molecule has 0 saturated heterocycles. The van der Waals surface area contributed by atoms with Crippen LogP contribution in [0, 0.1) is 0 Å². The Morgan fingerprint density at radius 2 is 1.86 bits per heavy atom. The molecule has 2 atom stereocenters. The molecule has 5 rings (SSSR count). The third-order valence-corrected chi connectivity index (χ3v) is 6.15. The van der Waals surface area contributed by atoms with Gasteiger partial charge in [0.1, 0.15) is 6.04 Å². The zero-order chi connectivity index (χ0) is 20.1. The maximum absolute atomic E-state index is 12.9. The Hall–Kier alpha value is -2.93. The van der Waals surface area contributed by atoms with Gasteiger partial charge >= 0.3 is 5.97 Å². The Kier molecular flexibility index (Phi) is 4.28. The van der Waals surface area contributed by atoms with Crippen LogP contribution >= 0.6 is 0 Å². The fraction of sp³-hybridized carbons (Fsp3) is 0.409. The lowest BCUT2D eigenvalue weighted by Gasteiger charge is -2.45. The highest BCUT2D eigenvalue weighted by molar-refractivity contribution is 5.81. The molecule has 3 aliphatic rings. The van der Waals surface area contributed by atoms with E-state index in [4.69, 9.17) is 23.7 Å². The third kappa shape index (κ3) is 2.64. The van der Waals surface area contributed by atoms with E-state index >= 15 is 0 Å². The molecule has 29 heavy (non-hydrogen) atoms. The fourth-order valence-corrected chi connectivity index (χ4v) is 4.86. The smallest absolute Gasteiger partial charge is 0.327 e. The SMILES string of the molecule is COC(=O)[C@@H]1c2c(ccc(OC)c2OC)C[C@H]2c3cc4c(cc3CCN12)OCO4. The van der Waals surface area contributed by atoms with Gasteiger partial charge in [0.2, 0.25) is 6.79 Å². The minimum atomic E-state index is -0.558. The van der Waals surface area contributed by atoms with Gasteiger partial charge in [-0.25, -0.2) is 4.79 Å². The van der Waals surface area contributed by atoms with Crippen molar-refractivity contribution in [1.82, 2.24) is 4.90 Å². The number of benzene rings is 2. The lowest BCUT2D eigenvalue weighted by molar-refractivity contribution is -0.149. The average molecular weight is 397 g/mol. The Bertz CT molecular complexity index is 988. The lowest BCUT2D eigenvalue weighted by atomic mass is 9.80. The zero-order valence-corrected chi connectivity index (χ0v) is 16.7. The van der Waals surface area contributed by atoms with Gasteiger partial charge in [0.25, 0.3) is 0 Å². The number of carbonyl (C=O) groups is 1. The first-order chi connectivity index (χ1) is 14.2. The topological polar surface area (TPSA) is 66.5 Å². The van der Waals surface area contributed by atoms with Gasteiger partial charge in [-0.2, -0.15) is 0 Å². The van der Waals surface area contributed by atoms with Crippen LogP contribution in [0.4, 0.5) is 0 Å². The molecule has 0 spiro atoms. The minimum absolute atomic E-state index is 0.0444. The van der Waals surface area contributed by atoms with Crippen molar-refractivity contribution in [1.29, 1.82) is 0 Å². The van der Waals surface area contributed by atoms with E-state index in [-0.39, 0.29) is 18.8 Å². The predicted molar refractivity (Wildman–Crippen MR) is 104 cm³/mol. The largest absolute Gasteiger partial charge is 0.493 e. The van der Waals surface area contributed by atoms with Crippen LogP contribution in [0.1, 0.15) is 34.3 Å². The standard InChI is InChI=1S/C22H23NO6/c1-25-16-5-4-13-8-15-14-10-18-17(28-11-29-18)9-12(14)6-7-23(15)20(22(24)27-3)19(13)21(16)26-2/h4-5,9-10,15,20H,6-8,11H2,1-3H3/t15-,20-/m0/s1. The summed E-state index contributed by atoms with van der Waals surface area (Å²) in [4.78, 5) is 15.2. The van der Waals surface area contributed by atoms with Crippen molar-refractivity contribution in [3.05, 3.63) is 46.5 Å². The van der Waals surface area contributed by atoms with Crippen molar-refractivity contribution in [3.63, 3.8) is 0 Å². The molecular weight excluding hydrogens is 374 g/mol. The molecule has 2 aromatic rings. The monoisotopic (exact) mass is 397 g/mol. The van der Waals surface area contributed by atoms with Crippen molar-refractivity contribution >= 4 is 5.97 Å². The van der Waals surface area contributed by atoms with Crippen molar-refractivity contribution in [2.45, 2.75) is 24.9 Å². The van der Waals surface area contributed by atoms with E-state index in [0.717, 1.165) is 42.0 Å². The van der Waals surface area contributed by atoms with Crippen LogP contribution in [0.2, 0.25) is 0 Å². The summed E-state index contributed by atoms with van der Waals surface area (Å²) in [5.41, 5.74) is 4.31. The highest BCUT2D eigenvalue weighted by atomic mass is 16.7. The number of carbonyl (C=O) groups excluding carboxylic acids is 1. The van der Waals surface area contributed by atoms with Crippen molar-refractivity contribution in [3.8, 4) is 23.0 Å². The Morgan fingerprint density at radius 1 is 1.07 bits per heavy atom. The third-order valence-electron chi connectivity index (χ3n) is 6.15. The zero-order valence-electron chi connectivity index (χ0n) is 16.7. The number of ether oxygens (including phenoxy) is 5. The summed E-state index contributed by atoms with van der Waals surface area (Å²) >= 11 is 0. The first kappa shape index (κ1) is 18.1. The van der Waals surface area contributed by atoms with Gasteiger partial charge in [0.05, 0.1) is 21.3 Å². The molecule has 0 aromatic heterocycles. The summed E-state index contributed by atoms with van der Waals surface area (Å²) in [6.45, 7) is 0.980.